The molecule has 5 aliphatic carbocycles. The van der Waals surface area contributed by atoms with Crippen molar-refractivity contribution in [3.8, 4) is 0 Å². The third-order valence-corrected chi connectivity index (χ3v) is 21.4. The Hall–Kier alpha value is -10.2. The Morgan fingerprint density at radius 3 is 1.44 bits per heavy atom. The summed E-state index contributed by atoms with van der Waals surface area (Å²) in [6.07, 6.45) is 19.7. The van der Waals surface area contributed by atoms with Crippen molar-refractivity contribution in [2.75, 3.05) is 40.8 Å². The van der Waals surface area contributed by atoms with Crippen LogP contribution in [0.1, 0.15) is 220 Å². The standard InChI is InChI=1S/C19H25N3O2.C18H22N2O2.C17H20N2O2.C16H17BrN2O2.C15H14F2N2O2/c1-21(2)12-13-22(14-15-8-4-3-5-9-15)19(23)18-16-10-6-7-11-17(16)24-20-18;1-3-13-8-9-16-15(10-13)17(22-20-16)18(21)19-11-14-7-5-4-6-12(14)2;1-2-19(12-13-8-4-3-5-9-13)17(20)16-14-10-6-7-11-15(14)21-18-16;1-19(10-11-6-2-4-8-13(11)17)16(20)15-12-7-3-5-9-14(12)21-18-15;16-11-5-3-6-12(17)10(11)8-18-15(20)14-9-4-1-2-7-13(9)21-19-14/h3-5,8-9H,6-7,10-14H2,1-2H3;4-7,13H,3,8-11H2,1-2H3,(H,19,21);3-5,8-9H,2,6-7,10-12H2,1H3;2,4,6,8H,3,5,7,9-10H2,1H3;3,5-6H,1-2,4,7-8H2,(H,18,20). The number of carbonyl (C=O) groups excluding carboxylic acids is 5. The number of nitrogens with zero attached hydrogens (tertiary/aromatic N) is 9. The molecule has 0 aliphatic heterocycles. The van der Waals surface area contributed by atoms with E-state index >= 15 is 0 Å². The Labute approximate surface area is 644 Å². The van der Waals surface area contributed by atoms with Crippen LogP contribution in [0.3, 0.4) is 0 Å². The maximum absolute atomic E-state index is 13.5. The summed E-state index contributed by atoms with van der Waals surface area (Å²) < 4.78 is 54.6. The number of hydrogen-bond acceptors (Lipinski definition) is 16. The first kappa shape index (κ1) is 79.8. The van der Waals surface area contributed by atoms with Crippen molar-refractivity contribution in [1.29, 1.82) is 0 Å². The number of aryl methyl sites for hydroxylation is 6. The van der Waals surface area contributed by atoms with E-state index < -0.39 is 17.5 Å². The molecule has 574 valence electrons. The van der Waals surface area contributed by atoms with Gasteiger partial charge in [-0.05, 0) is 176 Å². The van der Waals surface area contributed by atoms with Crippen molar-refractivity contribution in [1.82, 2.24) is 56.0 Å². The molecule has 0 saturated carbocycles. The van der Waals surface area contributed by atoms with Crippen molar-refractivity contribution in [2.45, 2.75) is 182 Å². The number of benzene rings is 5. The Morgan fingerprint density at radius 1 is 0.468 bits per heavy atom. The summed E-state index contributed by atoms with van der Waals surface area (Å²) in [5.41, 5.74) is 13.0. The minimum Gasteiger partial charge on any atom is -0.360 e. The van der Waals surface area contributed by atoms with Gasteiger partial charge in [0.1, 0.15) is 34.7 Å². The Morgan fingerprint density at radius 2 is 0.927 bits per heavy atom. The molecule has 0 spiro atoms. The first-order chi connectivity index (χ1) is 53.0. The minimum atomic E-state index is -0.683. The maximum Gasteiger partial charge on any atom is 0.290 e. The molecule has 5 heterocycles. The molecule has 5 aromatic carbocycles. The predicted octanol–water partition coefficient (Wildman–Crippen LogP) is 15.8. The van der Waals surface area contributed by atoms with Crippen LogP contribution in [0.15, 0.2) is 154 Å². The number of aromatic nitrogens is 5. The topological polar surface area (TPSA) is 253 Å². The van der Waals surface area contributed by atoms with Crippen LogP contribution in [-0.4, -0.2) is 116 Å². The lowest BCUT2D eigenvalue weighted by Gasteiger charge is -2.24. The number of amides is 5. The molecule has 15 rings (SSSR count). The van der Waals surface area contributed by atoms with Gasteiger partial charge in [0.2, 0.25) is 5.76 Å². The molecule has 0 fully saturated rings. The zero-order valence-corrected chi connectivity index (χ0v) is 64.8. The molecule has 0 saturated heterocycles. The second kappa shape index (κ2) is 39.3. The largest absolute Gasteiger partial charge is 0.360 e. The summed E-state index contributed by atoms with van der Waals surface area (Å²) in [6, 6.07) is 39.7. The zero-order valence-electron chi connectivity index (χ0n) is 63.2. The van der Waals surface area contributed by atoms with Gasteiger partial charge in [-0.1, -0.05) is 164 Å². The lowest BCUT2D eigenvalue weighted by atomic mass is 9.85. The van der Waals surface area contributed by atoms with Gasteiger partial charge >= 0.3 is 0 Å². The molecule has 109 heavy (non-hydrogen) atoms. The van der Waals surface area contributed by atoms with Gasteiger partial charge in [-0.3, -0.25) is 24.0 Å². The fourth-order valence-electron chi connectivity index (χ4n) is 14.2. The summed E-state index contributed by atoms with van der Waals surface area (Å²) >= 11 is 3.51. The molecular weight excluding hydrogens is 1450 g/mol. The molecule has 5 aliphatic rings. The third kappa shape index (κ3) is 21.0. The van der Waals surface area contributed by atoms with Gasteiger partial charge in [0.25, 0.3) is 29.5 Å². The summed E-state index contributed by atoms with van der Waals surface area (Å²) in [6.45, 7) is 10.4. The molecule has 2 N–H and O–H groups in total. The van der Waals surface area contributed by atoms with Crippen molar-refractivity contribution in [3.05, 3.63) is 262 Å². The zero-order chi connectivity index (χ0) is 76.8. The monoisotopic (exact) mass is 1550 g/mol. The summed E-state index contributed by atoms with van der Waals surface area (Å²) in [7, 11) is 5.83. The van der Waals surface area contributed by atoms with Gasteiger partial charge in [0.15, 0.2) is 22.8 Å². The van der Waals surface area contributed by atoms with Gasteiger partial charge in [-0.2, -0.15) is 0 Å². The quantitative estimate of drug-likeness (QED) is 0.0719. The number of halogens is 3. The number of rotatable bonds is 20. The number of carbonyl (C=O) groups is 5. The lowest BCUT2D eigenvalue weighted by Crippen LogP contribution is -2.37. The number of fused-ring (bicyclic) bond motifs is 5. The van der Waals surface area contributed by atoms with Crippen LogP contribution >= 0.6 is 15.9 Å². The molecule has 1 unspecified atom stereocenters. The highest BCUT2D eigenvalue weighted by atomic mass is 79.9. The number of nitrogens with one attached hydrogen (secondary N) is 2. The van der Waals surface area contributed by atoms with Crippen LogP contribution in [0.5, 0.6) is 0 Å². The van der Waals surface area contributed by atoms with Crippen molar-refractivity contribution in [3.63, 3.8) is 0 Å². The van der Waals surface area contributed by atoms with Crippen LogP contribution in [0.25, 0.3) is 0 Å². The van der Waals surface area contributed by atoms with Gasteiger partial charge in [0.05, 0.1) is 5.69 Å². The highest BCUT2D eigenvalue weighted by molar-refractivity contribution is 9.10. The van der Waals surface area contributed by atoms with Crippen molar-refractivity contribution >= 4 is 45.5 Å². The first-order valence-corrected chi connectivity index (χ1v) is 39.0. The molecule has 24 heteroatoms. The highest BCUT2D eigenvalue weighted by Gasteiger charge is 2.32. The maximum atomic E-state index is 13.5. The molecule has 5 aromatic heterocycles. The van der Waals surface area contributed by atoms with Crippen LogP contribution < -0.4 is 10.6 Å². The minimum absolute atomic E-state index is 0.0201. The smallest absolute Gasteiger partial charge is 0.290 e. The van der Waals surface area contributed by atoms with Crippen LogP contribution in [0.4, 0.5) is 8.78 Å². The molecule has 5 amide bonds. The van der Waals surface area contributed by atoms with Crippen LogP contribution in [-0.2, 0) is 96.9 Å². The van der Waals surface area contributed by atoms with E-state index in [0.717, 1.165) is 230 Å². The molecule has 1 atom stereocenters. The van der Waals surface area contributed by atoms with Crippen LogP contribution in [0, 0.1) is 24.5 Å². The van der Waals surface area contributed by atoms with E-state index in [9.17, 15) is 32.8 Å². The summed E-state index contributed by atoms with van der Waals surface area (Å²) in [5.74, 6) is 2.36. The highest BCUT2D eigenvalue weighted by Crippen LogP contribution is 2.32. The van der Waals surface area contributed by atoms with E-state index in [0.29, 0.717) is 68.0 Å². The Kier molecular flexibility index (Phi) is 28.7. The van der Waals surface area contributed by atoms with Gasteiger partial charge in [0, 0.05) is 123 Å². The average Bonchev–Trinajstić information content (AvgIpc) is 1.69. The van der Waals surface area contributed by atoms with Gasteiger partial charge < -0.3 is 52.8 Å². The Balaban J connectivity index is 0.000000135. The average molecular weight is 1550 g/mol. The van der Waals surface area contributed by atoms with Crippen molar-refractivity contribution < 1.29 is 55.4 Å². The molecule has 21 nitrogen and oxygen atoms in total. The number of hydrogen-bond donors (Lipinski definition) is 2. The Bertz CT molecular complexity index is 4660. The van der Waals surface area contributed by atoms with E-state index in [1.807, 2.05) is 147 Å². The summed E-state index contributed by atoms with van der Waals surface area (Å²) in [5, 5.41) is 25.5. The van der Waals surface area contributed by atoms with E-state index in [2.05, 4.69) is 64.2 Å². The molecular formula is C85H98BrF2N11O10. The number of likely N-dealkylation sites (N-methyl/N-ethyl adjacent to an activating group) is 1. The van der Waals surface area contributed by atoms with E-state index in [4.69, 9.17) is 22.6 Å². The molecule has 0 bridgehead atoms. The van der Waals surface area contributed by atoms with E-state index in [1.54, 1.807) is 11.9 Å². The fourth-order valence-corrected chi connectivity index (χ4v) is 14.6. The third-order valence-electron chi connectivity index (χ3n) is 20.7. The van der Waals surface area contributed by atoms with Gasteiger partial charge in [-0.25, -0.2) is 8.78 Å². The van der Waals surface area contributed by atoms with Gasteiger partial charge in [-0.15, -0.1) is 0 Å². The summed E-state index contributed by atoms with van der Waals surface area (Å²) in [4.78, 5) is 70.4. The van der Waals surface area contributed by atoms with Crippen molar-refractivity contribution in [2.24, 2.45) is 5.92 Å². The second-order valence-corrected chi connectivity index (χ2v) is 29.4. The van der Waals surface area contributed by atoms with Crippen LogP contribution in [0.2, 0.25) is 0 Å². The van der Waals surface area contributed by atoms with E-state index in [1.165, 1.54) is 11.6 Å². The SMILES string of the molecule is CCC1CCc2noc(C(=O)NCc3ccccc3C)c2C1.CCN(Cc1ccccc1)C(=O)c1noc2c1CCCC2.CN(C)CCN(Cc1ccccc1)C(=O)c1noc2c1CCCC2.CN(Cc1ccccc1Br)C(=O)c1noc2c1CCCC2.O=C(NCc1c(F)cccc1F)c1noc2c1CCCC2. The second-order valence-electron chi connectivity index (χ2n) is 28.6. The predicted molar refractivity (Wildman–Crippen MR) is 411 cm³/mol. The molecule has 0 radical (unpaired) electrons. The lowest BCUT2D eigenvalue weighted by molar-refractivity contribution is 0.0717. The first-order valence-electron chi connectivity index (χ1n) is 38.2. The fraction of sp³-hybridized carbons (Fsp3) is 0.412. The molecule has 10 aromatic rings. The van der Waals surface area contributed by atoms with E-state index in [-0.39, 0.29) is 41.4 Å². The normalized spacial score (nSPS) is 14.5.